The number of aromatic nitrogens is 2. The van der Waals surface area contributed by atoms with E-state index in [1.165, 1.54) is 44.1 Å². The fraction of sp³-hybridized carbons (Fsp3) is 0.500. The molecule has 0 spiro atoms. The van der Waals surface area contributed by atoms with Gasteiger partial charge in [-0.3, -0.25) is 9.97 Å². The Morgan fingerprint density at radius 1 is 0.727 bits per heavy atom. The lowest BCUT2D eigenvalue weighted by Gasteiger charge is -2.05. The van der Waals surface area contributed by atoms with E-state index in [0.717, 1.165) is 29.8 Å². The third-order valence-electron chi connectivity index (χ3n) is 4.03. The highest BCUT2D eigenvalue weighted by atomic mass is 14.8. The van der Waals surface area contributed by atoms with Gasteiger partial charge in [-0.15, -0.1) is 0 Å². The van der Waals surface area contributed by atoms with Crippen LogP contribution < -0.4 is 0 Å². The SMILES string of the molecule is CCCCCCCc1ccc(-c2cnc(CCC)cn2)cc1. The maximum atomic E-state index is 4.53. The van der Waals surface area contributed by atoms with E-state index < -0.39 is 0 Å². The molecule has 0 fully saturated rings. The van der Waals surface area contributed by atoms with Crippen LogP contribution in [0, 0.1) is 0 Å². The molecule has 0 unspecified atom stereocenters. The van der Waals surface area contributed by atoms with Gasteiger partial charge in [0.1, 0.15) is 0 Å². The fourth-order valence-corrected chi connectivity index (χ4v) is 2.66. The maximum absolute atomic E-state index is 4.53. The summed E-state index contributed by atoms with van der Waals surface area (Å²) in [5, 5.41) is 0. The molecule has 0 aliphatic rings. The van der Waals surface area contributed by atoms with E-state index in [2.05, 4.69) is 48.1 Å². The number of aryl methyl sites for hydroxylation is 2. The van der Waals surface area contributed by atoms with E-state index in [-0.39, 0.29) is 0 Å². The fourth-order valence-electron chi connectivity index (χ4n) is 2.66. The predicted octanol–water partition coefficient (Wildman–Crippen LogP) is 5.61. The van der Waals surface area contributed by atoms with Crippen molar-refractivity contribution in [2.75, 3.05) is 0 Å². The van der Waals surface area contributed by atoms with Crippen molar-refractivity contribution in [3.8, 4) is 11.3 Å². The third kappa shape index (κ3) is 5.25. The van der Waals surface area contributed by atoms with E-state index in [4.69, 9.17) is 0 Å². The average molecular weight is 296 g/mol. The number of hydrogen-bond acceptors (Lipinski definition) is 2. The van der Waals surface area contributed by atoms with Gasteiger partial charge in [-0.05, 0) is 24.8 Å². The van der Waals surface area contributed by atoms with Crippen molar-refractivity contribution in [1.29, 1.82) is 0 Å². The zero-order valence-electron chi connectivity index (χ0n) is 14.0. The van der Waals surface area contributed by atoms with Gasteiger partial charge in [-0.25, -0.2) is 0 Å². The van der Waals surface area contributed by atoms with Gasteiger partial charge in [-0.2, -0.15) is 0 Å². The van der Waals surface area contributed by atoms with Crippen LogP contribution in [0.3, 0.4) is 0 Å². The lowest BCUT2D eigenvalue weighted by atomic mass is 10.0. The van der Waals surface area contributed by atoms with Crippen LogP contribution in [-0.2, 0) is 12.8 Å². The summed E-state index contributed by atoms with van der Waals surface area (Å²) >= 11 is 0. The Labute approximate surface area is 135 Å². The van der Waals surface area contributed by atoms with Gasteiger partial charge in [0.25, 0.3) is 0 Å². The monoisotopic (exact) mass is 296 g/mol. The second-order valence-corrected chi connectivity index (χ2v) is 6.00. The Morgan fingerprint density at radius 3 is 2.14 bits per heavy atom. The van der Waals surface area contributed by atoms with E-state index in [1.807, 2.05) is 12.4 Å². The highest BCUT2D eigenvalue weighted by Crippen LogP contribution is 2.18. The van der Waals surface area contributed by atoms with Crippen LogP contribution in [0.2, 0.25) is 0 Å². The molecule has 1 heterocycles. The van der Waals surface area contributed by atoms with Crippen molar-refractivity contribution in [3.05, 3.63) is 47.9 Å². The topological polar surface area (TPSA) is 25.8 Å². The smallest absolute Gasteiger partial charge is 0.0885 e. The van der Waals surface area contributed by atoms with Gasteiger partial charge < -0.3 is 0 Å². The first kappa shape index (κ1) is 16.7. The van der Waals surface area contributed by atoms with Gasteiger partial charge in [0, 0.05) is 11.8 Å². The van der Waals surface area contributed by atoms with Crippen molar-refractivity contribution >= 4 is 0 Å². The summed E-state index contributed by atoms with van der Waals surface area (Å²) in [6, 6.07) is 8.81. The predicted molar refractivity (Wildman–Crippen MR) is 93.9 cm³/mol. The lowest BCUT2D eigenvalue weighted by molar-refractivity contribution is 0.632. The lowest BCUT2D eigenvalue weighted by Crippen LogP contribution is -1.93. The standard InChI is InChI=1S/C20H28N2/c1-3-5-6-7-8-10-17-11-13-18(14-12-17)20-16-21-19(9-4-2)15-22-20/h11-16H,3-10H2,1-2H3. The number of benzene rings is 1. The molecule has 22 heavy (non-hydrogen) atoms. The summed E-state index contributed by atoms with van der Waals surface area (Å²) < 4.78 is 0. The summed E-state index contributed by atoms with van der Waals surface area (Å²) in [5.41, 5.74) is 4.63. The van der Waals surface area contributed by atoms with Crippen molar-refractivity contribution in [2.24, 2.45) is 0 Å². The van der Waals surface area contributed by atoms with Crippen LogP contribution in [0.25, 0.3) is 11.3 Å². The molecular formula is C20H28N2. The molecule has 1 aromatic heterocycles. The van der Waals surface area contributed by atoms with Crippen molar-refractivity contribution in [3.63, 3.8) is 0 Å². The zero-order valence-corrected chi connectivity index (χ0v) is 14.0. The molecule has 118 valence electrons. The van der Waals surface area contributed by atoms with Gasteiger partial charge in [-0.1, -0.05) is 70.2 Å². The summed E-state index contributed by atoms with van der Waals surface area (Å²) in [6.07, 6.45) is 13.8. The minimum atomic E-state index is 0.967. The van der Waals surface area contributed by atoms with E-state index in [9.17, 15) is 0 Å². The van der Waals surface area contributed by atoms with Crippen molar-refractivity contribution < 1.29 is 0 Å². The van der Waals surface area contributed by atoms with E-state index in [1.54, 1.807) is 0 Å². The molecule has 2 nitrogen and oxygen atoms in total. The molecule has 2 rings (SSSR count). The average Bonchev–Trinajstić information content (AvgIpc) is 2.56. The van der Waals surface area contributed by atoms with Crippen LogP contribution >= 0.6 is 0 Å². The Morgan fingerprint density at radius 2 is 1.50 bits per heavy atom. The minimum absolute atomic E-state index is 0.967. The second kappa shape index (κ2) is 9.34. The molecule has 0 radical (unpaired) electrons. The molecule has 0 aliphatic carbocycles. The summed E-state index contributed by atoms with van der Waals surface area (Å²) in [4.78, 5) is 9.01. The molecular weight excluding hydrogens is 268 g/mol. The van der Waals surface area contributed by atoms with Crippen LogP contribution in [0.15, 0.2) is 36.7 Å². The maximum Gasteiger partial charge on any atom is 0.0885 e. The van der Waals surface area contributed by atoms with Crippen molar-refractivity contribution in [1.82, 2.24) is 9.97 Å². The number of hydrogen-bond donors (Lipinski definition) is 0. The highest BCUT2D eigenvalue weighted by molar-refractivity contribution is 5.58. The Hall–Kier alpha value is -1.70. The van der Waals surface area contributed by atoms with Crippen LogP contribution in [0.5, 0.6) is 0 Å². The van der Waals surface area contributed by atoms with Crippen LogP contribution in [0.1, 0.15) is 63.6 Å². The summed E-state index contributed by atoms with van der Waals surface area (Å²) in [7, 11) is 0. The van der Waals surface area contributed by atoms with E-state index >= 15 is 0 Å². The first-order valence-corrected chi connectivity index (χ1v) is 8.73. The van der Waals surface area contributed by atoms with Gasteiger partial charge >= 0.3 is 0 Å². The second-order valence-electron chi connectivity index (χ2n) is 6.00. The summed E-state index contributed by atoms with van der Waals surface area (Å²) in [6.45, 7) is 4.42. The van der Waals surface area contributed by atoms with Gasteiger partial charge in [0.2, 0.25) is 0 Å². The molecule has 2 heteroatoms. The Balaban J connectivity index is 1.88. The van der Waals surface area contributed by atoms with Gasteiger partial charge in [0.05, 0.1) is 17.6 Å². The molecule has 0 amide bonds. The van der Waals surface area contributed by atoms with Crippen LogP contribution in [-0.4, -0.2) is 9.97 Å². The molecule has 0 N–H and O–H groups in total. The molecule has 0 saturated carbocycles. The Bertz CT molecular complexity index is 529. The van der Waals surface area contributed by atoms with Crippen LogP contribution in [0.4, 0.5) is 0 Å². The molecule has 0 bridgehead atoms. The van der Waals surface area contributed by atoms with Crippen molar-refractivity contribution in [2.45, 2.75) is 65.2 Å². The molecule has 0 saturated heterocycles. The molecule has 0 aliphatic heterocycles. The first-order valence-electron chi connectivity index (χ1n) is 8.73. The molecule has 2 aromatic rings. The molecule has 0 atom stereocenters. The minimum Gasteiger partial charge on any atom is -0.257 e. The largest absolute Gasteiger partial charge is 0.257 e. The zero-order chi connectivity index (χ0) is 15.6. The summed E-state index contributed by atoms with van der Waals surface area (Å²) in [5.74, 6) is 0. The molecule has 1 aromatic carbocycles. The van der Waals surface area contributed by atoms with E-state index in [0.29, 0.717) is 0 Å². The first-order chi connectivity index (χ1) is 10.8. The number of rotatable bonds is 9. The quantitative estimate of drug-likeness (QED) is 0.562. The normalized spacial score (nSPS) is 10.8. The number of nitrogens with zero attached hydrogens (tertiary/aromatic N) is 2. The third-order valence-corrected chi connectivity index (χ3v) is 4.03. The number of unbranched alkanes of at least 4 members (excludes halogenated alkanes) is 4. The highest BCUT2D eigenvalue weighted by Gasteiger charge is 2.01. The Kier molecular flexibility index (Phi) is 7.08. The van der Waals surface area contributed by atoms with Gasteiger partial charge in [0.15, 0.2) is 0 Å².